The standard InChI is InChI=1S/C20H17NO7/c1-26-18-8-12(2-5-15(18)22)3-7-20(25)28-10-16(23)13-4-6-17-14(9-13)21-19(24)11-27-17/h2-9,22H,10-11H2,1H3,(H,21,24)/b7-3+. The van der Waals surface area contributed by atoms with E-state index in [1.54, 1.807) is 18.2 Å². The molecule has 1 heterocycles. The number of fused-ring (bicyclic) bond motifs is 1. The number of benzene rings is 2. The minimum atomic E-state index is -0.699. The molecule has 1 aliphatic rings. The largest absolute Gasteiger partial charge is 0.504 e. The van der Waals surface area contributed by atoms with Crippen molar-refractivity contribution in [2.45, 2.75) is 0 Å². The number of hydrogen-bond donors (Lipinski definition) is 2. The van der Waals surface area contributed by atoms with Gasteiger partial charge in [0.15, 0.2) is 30.5 Å². The van der Waals surface area contributed by atoms with E-state index in [1.165, 1.54) is 37.5 Å². The van der Waals surface area contributed by atoms with Gasteiger partial charge in [-0.1, -0.05) is 6.07 Å². The smallest absolute Gasteiger partial charge is 0.331 e. The normalized spacial score (nSPS) is 12.7. The van der Waals surface area contributed by atoms with Crippen LogP contribution >= 0.6 is 0 Å². The van der Waals surface area contributed by atoms with Crippen LogP contribution in [-0.2, 0) is 14.3 Å². The summed E-state index contributed by atoms with van der Waals surface area (Å²) < 4.78 is 15.2. The number of phenols is 1. The second kappa shape index (κ2) is 8.26. The highest BCUT2D eigenvalue weighted by molar-refractivity contribution is 6.02. The molecule has 1 amide bonds. The molecule has 0 unspecified atom stereocenters. The Morgan fingerprint density at radius 3 is 2.86 bits per heavy atom. The zero-order chi connectivity index (χ0) is 20.1. The predicted octanol–water partition coefficient (Wildman–Crippen LogP) is 2.17. The molecule has 0 aromatic heterocycles. The molecular weight excluding hydrogens is 366 g/mol. The number of hydrogen-bond acceptors (Lipinski definition) is 7. The van der Waals surface area contributed by atoms with E-state index in [1.807, 2.05) is 0 Å². The molecule has 0 spiro atoms. The van der Waals surface area contributed by atoms with Crippen LogP contribution < -0.4 is 14.8 Å². The maximum atomic E-state index is 12.2. The first kappa shape index (κ1) is 19.0. The van der Waals surface area contributed by atoms with Crippen LogP contribution in [0.5, 0.6) is 17.2 Å². The molecule has 0 radical (unpaired) electrons. The van der Waals surface area contributed by atoms with Gasteiger partial charge in [-0.25, -0.2) is 4.79 Å². The van der Waals surface area contributed by atoms with Gasteiger partial charge in [0.2, 0.25) is 0 Å². The second-order valence-electron chi connectivity index (χ2n) is 5.84. The van der Waals surface area contributed by atoms with Crippen LogP contribution in [0.4, 0.5) is 5.69 Å². The van der Waals surface area contributed by atoms with Crippen molar-refractivity contribution in [2.24, 2.45) is 0 Å². The zero-order valence-electron chi connectivity index (χ0n) is 14.9. The van der Waals surface area contributed by atoms with Crippen molar-refractivity contribution in [1.29, 1.82) is 0 Å². The number of aromatic hydroxyl groups is 1. The molecule has 28 heavy (non-hydrogen) atoms. The number of Topliss-reactive ketones (excluding diaryl/α,β-unsaturated/α-hetero) is 1. The van der Waals surface area contributed by atoms with Crippen LogP contribution in [0, 0.1) is 0 Å². The summed E-state index contributed by atoms with van der Waals surface area (Å²) in [6, 6.07) is 9.16. The SMILES string of the molecule is COc1cc(/C=C/C(=O)OCC(=O)c2ccc3c(c2)NC(=O)CO3)ccc1O. The number of ether oxygens (including phenoxy) is 3. The number of phenolic OH excluding ortho intramolecular Hbond substituents is 1. The van der Waals surface area contributed by atoms with Crippen molar-refractivity contribution in [1.82, 2.24) is 0 Å². The van der Waals surface area contributed by atoms with Gasteiger partial charge in [0.05, 0.1) is 12.8 Å². The average Bonchev–Trinajstić information content (AvgIpc) is 2.70. The molecule has 2 aromatic rings. The van der Waals surface area contributed by atoms with Crippen molar-refractivity contribution in [3.8, 4) is 17.2 Å². The first-order valence-electron chi connectivity index (χ1n) is 8.28. The van der Waals surface area contributed by atoms with E-state index in [-0.39, 0.29) is 29.6 Å². The van der Waals surface area contributed by atoms with Crippen LogP contribution in [0.25, 0.3) is 6.08 Å². The van der Waals surface area contributed by atoms with E-state index < -0.39 is 18.4 Å². The molecule has 144 valence electrons. The minimum absolute atomic E-state index is 0.0144. The molecule has 0 bridgehead atoms. The zero-order valence-corrected chi connectivity index (χ0v) is 14.9. The van der Waals surface area contributed by atoms with E-state index in [9.17, 15) is 19.5 Å². The molecule has 0 atom stereocenters. The summed E-state index contributed by atoms with van der Waals surface area (Å²) in [6.07, 6.45) is 2.64. The van der Waals surface area contributed by atoms with Gasteiger partial charge in [0.1, 0.15) is 5.75 Å². The van der Waals surface area contributed by atoms with Crippen LogP contribution in [0.3, 0.4) is 0 Å². The molecule has 0 saturated carbocycles. The van der Waals surface area contributed by atoms with Crippen LogP contribution in [0.2, 0.25) is 0 Å². The van der Waals surface area contributed by atoms with E-state index in [0.29, 0.717) is 17.0 Å². The highest BCUT2D eigenvalue weighted by Crippen LogP contribution is 2.29. The van der Waals surface area contributed by atoms with Crippen molar-refractivity contribution in [2.75, 3.05) is 25.6 Å². The van der Waals surface area contributed by atoms with Gasteiger partial charge in [-0.15, -0.1) is 0 Å². The fraction of sp³-hybridized carbons (Fsp3) is 0.150. The maximum Gasteiger partial charge on any atom is 0.331 e. The molecule has 0 saturated heterocycles. The van der Waals surface area contributed by atoms with E-state index >= 15 is 0 Å². The first-order chi connectivity index (χ1) is 13.5. The maximum absolute atomic E-state index is 12.2. The first-order valence-corrected chi connectivity index (χ1v) is 8.28. The summed E-state index contributed by atoms with van der Waals surface area (Å²) in [7, 11) is 1.42. The lowest BCUT2D eigenvalue weighted by Crippen LogP contribution is -2.25. The number of rotatable bonds is 6. The molecule has 2 N–H and O–H groups in total. The van der Waals surface area contributed by atoms with Gasteiger partial charge in [0.25, 0.3) is 5.91 Å². The summed E-state index contributed by atoms with van der Waals surface area (Å²) in [6.45, 7) is -0.521. The topological polar surface area (TPSA) is 111 Å². The Morgan fingerprint density at radius 2 is 2.07 bits per heavy atom. The third kappa shape index (κ3) is 4.47. The molecule has 0 fully saturated rings. The molecule has 8 heteroatoms. The van der Waals surface area contributed by atoms with Crippen LogP contribution in [0.1, 0.15) is 15.9 Å². The Labute approximate surface area is 160 Å². The van der Waals surface area contributed by atoms with Crippen molar-refractivity contribution >= 4 is 29.4 Å². The minimum Gasteiger partial charge on any atom is -0.504 e. The van der Waals surface area contributed by atoms with E-state index in [2.05, 4.69) is 5.32 Å². The number of anilines is 1. The molecule has 0 aliphatic carbocycles. The molecule has 1 aliphatic heterocycles. The monoisotopic (exact) mass is 383 g/mol. The number of ketones is 1. The highest BCUT2D eigenvalue weighted by Gasteiger charge is 2.18. The Balaban J connectivity index is 1.58. The third-order valence-corrected chi connectivity index (χ3v) is 3.90. The molecule has 3 rings (SSSR count). The molecule has 2 aromatic carbocycles. The number of esters is 1. The van der Waals surface area contributed by atoms with Gasteiger partial charge in [-0.2, -0.15) is 0 Å². The second-order valence-corrected chi connectivity index (χ2v) is 5.84. The predicted molar refractivity (Wildman–Crippen MR) is 99.5 cm³/mol. The summed E-state index contributed by atoms with van der Waals surface area (Å²) in [5.41, 5.74) is 1.29. The lowest BCUT2D eigenvalue weighted by molar-refractivity contribution is -0.136. The molecular formula is C20H17NO7. The van der Waals surface area contributed by atoms with Crippen LogP contribution in [-0.4, -0.2) is 43.1 Å². The fourth-order valence-corrected chi connectivity index (χ4v) is 2.49. The highest BCUT2D eigenvalue weighted by atomic mass is 16.5. The van der Waals surface area contributed by atoms with Gasteiger partial charge in [-0.05, 0) is 42.0 Å². The van der Waals surface area contributed by atoms with Gasteiger partial charge >= 0.3 is 5.97 Å². The average molecular weight is 383 g/mol. The number of methoxy groups -OCH3 is 1. The third-order valence-electron chi connectivity index (χ3n) is 3.90. The summed E-state index contributed by atoms with van der Waals surface area (Å²) in [5, 5.41) is 12.2. The number of carbonyl (C=O) groups excluding carboxylic acids is 3. The number of carbonyl (C=O) groups is 3. The van der Waals surface area contributed by atoms with E-state index in [0.717, 1.165) is 0 Å². The van der Waals surface area contributed by atoms with Crippen molar-refractivity contribution in [3.05, 3.63) is 53.6 Å². The van der Waals surface area contributed by atoms with Crippen molar-refractivity contribution in [3.63, 3.8) is 0 Å². The lowest BCUT2D eigenvalue weighted by atomic mass is 10.1. The molecule has 8 nitrogen and oxygen atoms in total. The van der Waals surface area contributed by atoms with E-state index in [4.69, 9.17) is 14.2 Å². The number of nitrogens with one attached hydrogen (secondary N) is 1. The van der Waals surface area contributed by atoms with Gasteiger partial charge < -0.3 is 24.6 Å². The Kier molecular flexibility index (Phi) is 5.59. The summed E-state index contributed by atoms with van der Waals surface area (Å²) >= 11 is 0. The Hall–Kier alpha value is -3.81. The Morgan fingerprint density at radius 1 is 1.25 bits per heavy atom. The fourth-order valence-electron chi connectivity index (χ4n) is 2.49. The van der Waals surface area contributed by atoms with Crippen LogP contribution in [0.15, 0.2) is 42.5 Å². The van der Waals surface area contributed by atoms with Crippen molar-refractivity contribution < 1.29 is 33.7 Å². The summed E-state index contributed by atoms with van der Waals surface area (Å²) in [4.78, 5) is 35.4. The summed E-state index contributed by atoms with van der Waals surface area (Å²) in [5.74, 6) is -0.695. The Bertz CT molecular complexity index is 965. The van der Waals surface area contributed by atoms with Gasteiger partial charge in [0, 0.05) is 11.6 Å². The number of amides is 1. The quantitative estimate of drug-likeness (QED) is 0.447. The van der Waals surface area contributed by atoms with Gasteiger partial charge in [-0.3, -0.25) is 9.59 Å². The lowest BCUT2D eigenvalue weighted by Gasteiger charge is -2.18.